The first-order chi connectivity index (χ1) is 10.8. The number of nitrogens with one attached hydrogen (secondary N) is 1. The maximum atomic E-state index is 12.9. The predicted octanol–water partition coefficient (Wildman–Crippen LogP) is 3.45. The summed E-state index contributed by atoms with van der Waals surface area (Å²) in [4.78, 5) is 19.1. The SMILES string of the molecule is Cl.O=C(c1ccc2c(c1)CCN2)N1CCCC1c1cccnc1. The zero-order chi connectivity index (χ0) is 14.9. The van der Waals surface area contributed by atoms with Crippen LogP contribution in [-0.2, 0) is 6.42 Å². The Balaban J connectivity index is 0.00000156. The van der Waals surface area contributed by atoms with Gasteiger partial charge in [-0.1, -0.05) is 6.07 Å². The number of likely N-dealkylation sites (tertiary alicyclic amines) is 1. The largest absolute Gasteiger partial charge is 0.384 e. The van der Waals surface area contributed by atoms with E-state index in [0.717, 1.165) is 43.5 Å². The molecule has 1 fully saturated rings. The Bertz CT molecular complexity index is 705. The molecule has 4 nitrogen and oxygen atoms in total. The van der Waals surface area contributed by atoms with Crippen LogP contribution in [0, 0.1) is 0 Å². The second-order valence-electron chi connectivity index (χ2n) is 5.99. The Morgan fingerprint density at radius 2 is 2.22 bits per heavy atom. The second kappa shape index (κ2) is 6.59. The van der Waals surface area contributed by atoms with Crippen LogP contribution in [0.3, 0.4) is 0 Å². The Hall–Kier alpha value is -2.07. The number of hydrogen-bond donors (Lipinski definition) is 1. The summed E-state index contributed by atoms with van der Waals surface area (Å²) in [6.07, 6.45) is 6.73. The first kappa shape index (κ1) is 15.8. The maximum absolute atomic E-state index is 12.9. The molecule has 2 aromatic rings. The van der Waals surface area contributed by atoms with Crippen LogP contribution in [0.25, 0.3) is 0 Å². The van der Waals surface area contributed by atoms with E-state index < -0.39 is 0 Å². The number of anilines is 1. The zero-order valence-corrected chi connectivity index (χ0v) is 13.7. The lowest BCUT2D eigenvalue weighted by atomic mass is 10.0. The van der Waals surface area contributed by atoms with Gasteiger partial charge in [0.15, 0.2) is 0 Å². The summed E-state index contributed by atoms with van der Waals surface area (Å²) in [6, 6.07) is 10.2. The average Bonchev–Trinajstić information content (AvgIpc) is 3.23. The maximum Gasteiger partial charge on any atom is 0.254 e. The first-order valence-electron chi connectivity index (χ1n) is 7.90. The number of halogens is 1. The number of amides is 1. The Morgan fingerprint density at radius 1 is 1.30 bits per heavy atom. The lowest BCUT2D eigenvalue weighted by Crippen LogP contribution is -2.30. The lowest BCUT2D eigenvalue weighted by Gasteiger charge is -2.25. The molecule has 5 heteroatoms. The van der Waals surface area contributed by atoms with E-state index in [9.17, 15) is 4.79 Å². The van der Waals surface area contributed by atoms with Gasteiger partial charge >= 0.3 is 0 Å². The summed E-state index contributed by atoms with van der Waals surface area (Å²) in [5.74, 6) is 0.140. The zero-order valence-electron chi connectivity index (χ0n) is 12.9. The molecule has 1 N–H and O–H groups in total. The molecule has 0 aliphatic carbocycles. The van der Waals surface area contributed by atoms with Crippen molar-refractivity contribution >= 4 is 24.0 Å². The van der Waals surface area contributed by atoms with Crippen molar-refractivity contribution in [2.75, 3.05) is 18.4 Å². The molecule has 23 heavy (non-hydrogen) atoms. The molecular formula is C18H20ClN3O. The van der Waals surface area contributed by atoms with E-state index in [1.165, 1.54) is 11.3 Å². The highest BCUT2D eigenvalue weighted by Crippen LogP contribution is 2.33. The number of carbonyl (C=O) groups is 1. The summed E-state index contributed by atoms with van der Waals surface area (Å²) in [5, 5.41) is 3.34. The van der Waals surface area contributed by atoms with Gasteiger partial charge in [-0.2, -0.15) is 0 Å². The summed E-state index contributed by atoms with van der Waals surface area (Å²) in [7, 11) is 0. The number of fused-ring (bicyclic) bond motifs is 1. The van der Waals surface area contributed by atoms with Gasteiger partial charge in [0.05, 0.1) is 6.04 Å². The predicted molar refractivity (Wildman–Crippen MR) is 93.1 cm³/mol. The second-order valence-corrected chi connectivity index (χ2v) is 5.99. The monoisotopic (exact) mass is 329 g/mol. The molecule has 1 atom stereocenters. The normalized spacial score (nSPS) is 19.0. The van der Waals surface area contributed by atoms with Crippen LogP contribution in [0.15, 0.2) is 42.7 Å². The van der Waals surface area contributed by atoms with Crippen molar-refractivity contribution in [2.24, 2.45) is 0 Å². The van der Waals surface area contributed by atoms with Gasteiger partial charge in [-0.25, -0.2) is 0 Å². The van der Waals surface area contributed by atoms with Crippen LogP contribution >= 0.6 is 12.4 Å². The molecule has 2 aliphatic heterocycles. The van der Waals surface area contributed by atoms with E-state index in [1.807, 2.05) is 29.3 Å². The number of rotatable bonds is 2. The fourth-order valence-corrected chi connectivity index (χ4v) is 3.53. The molecule has 4 rings (SSSR count). The minimum atomic E-state index is 0. The van der Waals surface area contributed by atoms with Gasteiger partial charge in [0.25, 0.3) is 5.91 Å². The molecule has 1 aromatic carbocycles. The fourth-order valence-electron chi connectivity index (χ4n) is 3.53. The van der Waals surface area contributed by atoms with Crippen molar-refractivity contribution < 1.29 is 4.79 Å². The third-order valence-corrected chi connectivity index (χ3v) is 4.64. The van der Waals surface area contributed by atoms with Crippen molar-refractivity contribution in [3.8, 4) is 0 Å². The van der Waals surface area contributed by atoms with Gasteiger partial charge in [-0.3, -0.25) is 9.78 Å². The summed E-state index contributed by atoms with van der Waals surface area (Å²) >= 11 is 0. The number of nitrogens with zero attached hydrogens (tertiary/aromatic N) is 2. The van der Waals surface area contributed by atoms with Crippen molar-refractivity contribution in [1.29, 1.82) is 0 Å². The van der Waals surface area contributed by atoms with Gasteiger partial charge in [-0.05, 0) is 54.7 Å². The van der Waals surface area contributed by atoms with E-state index in [4.69, 9.17) is 0 Å². The van der Waals surface area contributed by atoms with Crippen LogP contribution in [0.5, 0.6) is 0 Å². The highest BCUT2D eigenvalue weighted by Gasteiger charge is 2.31. The van der Waals surface area contributed by atoms with E-state index >= 15 is 0 Å². The van der Waals surface area contributed by atoms with Crippen LogP contribution in [0.1, 0.15) is 40.4 Å². The smallest absolute Gasteiger partial charge is 0.254 e. The van der Waals surface area contributed by atoms with E-state index in [0.29, 0.717) is 0 Å². The van der Waals surface area contributed by atoms with E-state index in [2.05, 4.69) is 22.4 Å². The summed E-state index contributed by atoms with van der Waals surface area (Å²) < 4.78 is 0. The van der Waals surface area contributed by atoms with Crippen molar-refractivity contribution in [3.05, 3.63) is 59.4 Å². The molecule has 120 valence electrons. The van der Waals surface area contributed by atoms with Crippen LogP contribution in [0.4, 0.5) is 5.69 Å². The Kier molecular flexibility index (Phi) is 4.53. The van der Waals surface area contributed by atoms with Gasteiger partial charge in [-0.15, -0.1) is 12.4 Å². The van der Waals surface area contributed by atoms with E-state index in [-0.39, 0.29) is 24.4 Å². The molecule has 1 unspecified atom stereocenters. The third-order valence-electron chi connectivity index (χ3n) is 4.64. The third kappa shape index (κ3) is 2.91. The molecule has 1 aromatic heterocycles. The molecule has 2 aliphatic rings. The minimum Gasteiger partial charge on any atom is -0.384 e. The average molecular weight is 330 g/mol. The Morgan fingerprint density at radius 3 is 3.04 bits per heavy atom. The molecule has 1 amide bonds. The quantitative estimate of drug-likeness (QED) is 0.918. The molecule has 0 radical (unpaired) electrons. The van der Waals surface area contributed by atoms with Crippen molar-refractivity contribution in [1.82, 2.24) is 9.88 Å². The minimum absolute atomic E-state index is 0. The molecule has 0 bridgehead atoms. The highest BCUT2D eigenvalue weighted by molar-refractivity contribution is 5.95. The summed E-state index contributed by atoms with van der Waals surface area (Å²) in [6.45, 7) is 1.79. The summed E-state index contributed by atoms with van der Waals surface area (Å²) in [5.41, 5.74) is 4.36. The van der Waals surface area contributed by atoms with Crippen LogP contribution < -0.4 is 5.32 Å². The van der Waals surface area contributed by atoms with Gasteiger partial charge in [0.1, 0.15) is 0 Å². The Labute approximate surface area is 142 Å². The fraction of sp³-hybridized carbons (Fsp3) is 0.333. The number of pyridine rings is 1. The first-order valence-corrected chi connectivity index (χ1v) is 7.90. The van der Waals surface area contributed by atoms with Gasteiger partial charge in [0, 0.05) is 36.7 Å². The molecular weight excluding hydrogens is 310 g/mol. The number of aromatic nitrogens is 1. The van der Waals surface area contributed by atoms with Gasteiger partial charge in [0.2, 0.25) is 0 Å². The number of benzene rings is 1. The molecule has 1 saturated heterocycles. The van der Waals surface area contributed by atoms with Crippen molar-refractivity contribution in [3.63, 3.8) is 0 Å². The van der Waals surface area contributed by atoms with Crippen molar-refractivity contribution in [2.45, 2.75) is 25.3 Å². The van der Waals surface area contributed by atoms with Crippen LogP contribution in [-0.4, -0.2) is 28.9 Å². The highest BCUT2D eigenvalue weighted by atomic mass is 35.5. The topological polar surface area (TPSA) is 45.2 Å². The molecule has 3 heterocycles. The lowest BCUT2D eigenvalue weighted by molar-refractivity contribution is 0.0735. The number of hydrogen-bond acceptors (Lipinski definition) is 3. The molecule has 0 spiro atoms. The molecule has 0 saturated carbocycles. The standard InChI is InChI=1S/C18H19N3O.ClH/c22-18(14-5-6-16-13(11-14)7-9-20-16)21-10-2-4-17(21)15-3-1-8-19-12-15;/h1,3,5-6,8,11-12,17,20H,2,4,7,9-10H2;1H. The van der Waals surface area contributed by atoms with E-state index in [1.54, 1.807) is 6.20 Å². The van der Waals surface area contributed by atoms with Crippen LogP contribution in [0.2, 0.25) is 0 Å². The number of carbonyl (C=O) groups excluding carboxylic acids is 1. The van der Waals surface area contributed by atoms with Gasteiger partial charge < -0.3 is 10.2 Å².